The normalized spacial score (nSPS) is 14.7. The summed E-state index contributed by atoms with van der Waals surface area (Å²) in [6, 6.07) is 19.2. The molecule has 1 aromatic heterocycles. The number of hydrogen-bond acceptors (Lipinski definition) is 5. The Bertz CT molecular complexity index is 1430. The van der Waals surface area contributed by atoms with Crippen LogP contribution >= 0.6 is 34.8 Å². The molecule has 2 heterocycles. The van der Waals surface area contributed by atoms with E-state index in [-0.39, 0.29) is 12.5 Å². The van der Waals surface area contributed by atoms with Crippen molar-refractivity contribution in [3.63, 3.8) is 0 Å². The van der Waals surface area contributed by atoms with Gasteiger partial charge in [0.15, 0.2) is 0 Å². The first-order chi connectivity index (χ1) is 17.4. The van der Waals surface area contributed by atoms with Gasteiger partial charge in [-0.05, 0) is 61.0 Å². The molecule has 0 fully saturated rings. The number of carbonyl (C=O) groups is 1. The summed E-state index contributed by atoms with van der Waals surface area (Å²) in [5.41, 5.74) is 3.39. The lowest BCUT2D eigenvalue weighted by Crippen LogP contribution is -2.31. The van der Waals surface area contributed by atoms with E-state index in [9.17, 15) is 4.79 Å². The summed E-state index contributed by atoms with van der Waals surface area (Å²) < 4.78 is 7.60. The molecule has 10 heteroatoms. The molecule has 182 valence electrons. The Labute approximate surface area is 222 Å². The molecule has 1 unspecified atom stereocenters. The standard InChI is InChI=1S/C26H20Cl3N5O2/c1-15-23(25(35)33-18-9-7-17(27)8-10-18)24(34-26(32-15)30-14-31-34)16-5-11-19(12-6-16)36-13-20-21(28)3-2-4-22(20)29/h2-12,14,24H,13H2,1H3,(H,33,35)(H,30,31,32). The third kappa shape index (κ3) is 4.91. The molecule has 0 spiro atoms. The topological polar surface area (TPSA) is 81.1 Å². The number of nitrogens with one attached hydrogen (secondary N) is 2. The fourth-order valence-electron chi connectivity index (χ4n) is 4.00. The predicted octanol–water partition coefficient (Wildman–Crippen LogP) is 6.74. The molecule has 7 nitrogen and oxygen atoms in total. The first-order valence-electron chi connectivity index (χ1n) is 11.0. The minimum Gasteiger partial charge on any atom is -0.489 e. The van der Waals surface area contributed by atoms with Gasteiger partial charge in [0.05, 0.1) is 5.57 Å². The summed E-state index contributed by atoms with van der Waals surface area (Å²) >= 11 is 18.5. The molecular formula is C26H20Cl3N5O2. The molecule has 1 atom stereocenters. The zero-order valence-electron chi connectivity index (χ0n) is 19.0. The second-order valence-corrected chi connectivity index (χ2v) is 9.36. The van der Waals surface area contributed by atoms with Crippen LogP contribution in [0.1, 0.15) is 24.1 Å². The van der Waals surface area contributed by atoms with Crippen molar-refractivity contribution in [1.82, 2.24) is 14.8 Å². The molecule has 1 amide bonds. The Morgan fingerprint density at radius 1 is 1.03 bits per heavy atom. The van der Waals surface area contributed by atoms with E-state index in [1.165, 1.54) is 6.33 Å². The summed E-state index contributed by atoms with van der Waals surface area (Å²) in [7, 11) is 0. The van der Waals surface area contributed by atoms with Crippen molar-refractivity contribution >= 4 is 52.3 Å². The van der Waals surface area contributed by atoms with Gasteiger partial charge in [0.1, 0.15) is 24.7 Å². The van der Waals surface area contributed by atoms with Gasteiger partial charge in [-0.1, -0.05) is 53.0 Å². The SMILES string of the molecule is CC1=C(C(=O)Nc2ccc(Cl)cc2)C(c2ccc(OCc3c(Cl)cccc3Cl)cc2)n2ncnc2N1. The zero-order valence-corrected chi connectivity index (χ0v) is 21.3. The van der Waals surface area contributed by atoms with Crippen molar-refractivity contribution in [3.05, 3.63) is 111 Å². The summed E-state index contributed by atoms with van der Waals surface area (Å²) in [4.78, 5) is 17.7. The highest BCUT2D eigenvalue weighted by Crippen LogP contribution is 2.36. The second-order valence-electron chi connectivity index (χ2n) is 8.11. The van der Waals surface area contributed by atoms with Gasteiger partial charge in [0.2, 0.25) is 5.95 Å². The van der Waals surface area contributed by atoms with E-state index in [1.807, 2.05) is 31.2 Å². The fraction of sp³-hybridized carbons (Fsp3) is 0.115. The predicted molar refractivity (Wildman–Crippen MR) is 142 cm³/mol. The van der Waals surface area contributed by atoms with Crippen LogP contribution < -0.4 is 15.4 Å². The third-order valence-electron chi connectivity index (χ3n) is 5.78. The van der Waals surface area contributed by atoms with Crippen LogP contribution in [0, 0.1) is 0 Å². The molecule has 0 saturated carbocycles. The van der Waals surface area contributed by atoms with Gasteiger partial charge >= 0.3 is 0 Å². The van der Waals surface area contributed by atoms with E-state index in [2.05, 4.69) is 20.7 Å². The number of amides is 1. The molecule has 2 N–H and O–H groups in total. The van der Waals surface area contributed by atoms with E-state index in [4.69, 9.17) is 39.5 Å². The van der Waals surface area contributed by atoms with E-state index in [0.29, 0.717) is 43.7 Å². The summed E-state index contributed by atoms with van der Waals surface area (Å²) in [5, 5.41) is 12.2. The number of allylic oxidation sites excluding steroid dienone is 1. The smallest absolute Gasteiger partial charge is 0.255 e. The van der Waals surface area contributed by atoms with E-state index in [0.717, 1.165) is 11.1 Å². The Hall–Kier alpha value is -3.52. The number of anilines is 2. The molecule has 36 heavy (non-hydrogen) atoms. The molecular weight excluding hydrogens is 521 g/mol. The molecule has 3 aromatic carbocycles. The van der Waals surface area contributed by atoms with E-state index in [1.54, 1.807) is 47.1 Å². The number of hydrogen-bond donors (Lipinski definition) is 2. The Balaban J connectivity index is 1.41. The second kappa shape index (κ2) is 10.2. The number of ether oxygens (including phenoxy) is 1. The average Bonchev–Trinajstić information content (AvgIpc) is 3.33. The highest BCUT2D eigenvalue weighted by Gasteiger charge is 2.33. The number of nitrogens with zero attached hydrogens (tertiary/aromatic N) is 3. The Morgan fingerprint density at radius 3 is 2.42 bits per heavy atom. The van der Waals surface area contributed by atoms with Gasteiger partial charge in [-0.15, -0.1) is 0 Å². The quantitative estimate of drug-likeness (QED) is 0.283. The molecule has 0 saturated heterocycles. The van der Waals surface area contributed by atoms with E-state index >= 15 is 0 Å². The van der Waals surface area contributed by atoms with Crippen molar-refractivity contribution in [2.75, 3.05) is 10.6 Å². The summed E-state index contributed by atoms with van der Waals surface area (Å²) in [5.74, 6) is 0.923. The van der Waals surface area contributed by atoms with Crippen LogP contribution in [0.3, 0.4) is 0 Å². The van der Waals surface area contributed by atoms with Gasteiger partial charge in [0.25, 0.3) is 5.91 Å². The maximum absolute atomic E-state index is 13.4. The van der Waals surface area contributed by atoms with Crippen molar-refractivity contribution in [2.24, 2.45) is 0 Å². The van der Waals surface area contributed by atoms with Crippen LogP contribution in [0.15, 0.2) is 84.3 Å². The number of fused-ring (bicyclic) bond motifs is 1. The lowest BCUT2D eigenvalue weighted by atomic mass is 9.95. The van der Waals surface area contributed by atoms with Crippen molar-refractivity contribution in [3.8, 4) is 5.75 Å². The lowest BCUT2D eigenvalue weighted by Gasteiger charge is -2.28. The molecule has 0 aliphatic carbocycles. The summed E-state index contributed by atoms with van der Waals surface area (Å²) in [6.07, 6.45) is 1.45. The van der Waals surface area contributed by atoms with E-state index < -0.39 is 6.04 Å². The van der Waals surface area contributed by atoms with Gasteiger partial charge in [-0.25, -0.2) is 4.68 Å². The number of rotatable bonds is 6. The minimum atomic E-state index is -0.497. The van der Waals surface area contributed by atoms with Gasteiger partial charge in [-0.3, -0.25) is 4.79 Å². The van der Waals surface area contributed by atoms with Gasteiger partial charge in [-0.2, -0.15) is 10.1 Å². The first-order valence-corrected chi connectivity index (χ1v) is 12.1. The maximum Gasteiger partial charge on any atom is 0.255 e. The first kappa shape index (κ1) is 24.2. The highest BCUT2D eigenvalue weighted by atomic mass is 35.5. The lowest BCUT2D eigenvalue weighted by molar-refractivity contribution is -0.113. The van der Waals surface area contributed by atoms with Crippen LogP contribution in [0.2, 0.25) is 15.1 Å². The van der Waals surface area contributed by atoms with Gasteiger partial charge < -0.3 is 15.4 Å². The number of aromatic nitrogens is 3. The van der Waals surface area contributed by atoms with Crippen molar-refractivity contribution in [2.45, 2.75) is 19.6 Å². The zero-order chi connectivity index (χ0) is 25.2. The van der Waals surface area contributed by atoms with Crippen LogP contribution in [-0.4, -0.2) is 20.7 Å². The largest absolute Gasteiger partial charge is 0.489 e. The molecule has 0 bridgehead atoms. The molecule has 1 aliphatic heterocycles. The minimum absolute atomic E-state index is 0.228. The van der Waals surface area contributed by atoms with Crippen molar-refractivity contribution < 1.29 is 9.53 Å². The number of carbonyl (C=O) groups excluding carboxylic acids is 1. The number of halogens is 3. The maximum atomic E-state index is 13.4. The monoisotopic (exact) mass is 539 g/mol. The Morgan fingerprint density at radius 2 is 1.72 bits per heavy atom. The third-order valence-corrected chi connectivity index (χ3v) is 6.74. The molecule has 1 aliphatic rings. The highest BCUT2D eigenvalue weighted by molar-refractivity contribution is 6.36. The van der Waals surface area contributed by atoms with Crippen molar-refractivity contribution in [1.29, 1.82) is 0 Å². The van der Waals surface area contributed by atoms with Crippen LogP contribution in [0.5, 0.6) is 5.75 Å². The van der Waals surface area contributed by atoms with Crippen LogP contribution in [-0.2, 0) is 11.4 Å². The van der Waals surface area contributed by atoms with Crippen LogP contribution in [0.25, 0.3) is 0 Å². The summed E-state index contributed by atoms with van der Waals surface area (Å²) in [6.45, 7) is 2.07. The Kier molecular flexibility index (Phi) is 6.87. The average molecular weight is 541 g/mol. The molecule has 0 radical (unpaired) electrons. The van der Waals surface area contributed by atoms with Gasteiger partial charge in [0, 0.05) is 32.0 Å². The number of benzene rings is 3. The van der Waals surface area contributed by atoms with Crippen LogP contribution in [0.4, 0.5) is 11.6 Å². The molecule has 4 aromatic rings. The fourth-order valence-corrected chi connectivity index (χ4v) is 4.63. The molecule has 5 rings (SSSR count).